The van der Waals surface area contributed by atoms with Crippen LogP contribution in [0.2, 0.25) is 0 Å². The Morgan fingerprint density at radius 1 is 1.20 bits per heavy atom. The van der Waals surface area contributed by atoms with E-state index in [0.717, 1.165) is 6.42 Å². The molecule has 0 bridgehead atoms. The third kappa shape index (κ3) is 7.22. The quantitative estimate of drug-likeness (QED) is 0.579. The molecule has 0 saturated heterocycles. The van der Waals surface area contributed by atoms with E-state index in [4.69, 9.17) is 11.2 Å². The predicted octanol–water partition coefficient (Wildman–Crippen LogP) is 1.69. The van der Waals surface area contributed by atoms with Crippen molar-refractivity contribution in [1.82, 2.24) is 5.32 Å². The van der Waals surface area contributed by atoms with Crippen LogP contribution in [0.4, 0.5) is 0 Å². The Kier molecular flexibility index (Phi) is 7.59. The van der Waals surface area contributed by atoms with Crippen molar-refractivity contribution in [2.75, 3.05) is 13.2 Å². The van der Waals surface area contributed by atoms with E-state index in [0.29, 0.717) is 19.4 Å². The molecular formula is C16H19NO3. The molecule has 0 atom stereocenters. The minimum absolute atomic E-state index is 0.0118. The number of rotatable bonds is 8. The van der Waals surface area contributed by atoms with Crippen LogP contribution in [0.15, 0.2) is 30.3 Å². The molecular weight excluding hydrogens is 254 g/mol. The summed E-state index contributed by atoms with van der Waals surface area (Å²) in [5, 5.41) is 2.82. The number of hydrogen-bond donors (Lipinski definition) is 1. The zero-order valence-corrected chi connectivity index (χ0v) is 11.4. The SMILES string of the molecule is C#CCOC(=O)CCCC(=O)NCCc1ccccc1. The second-order valence-corrected chi connectivity index (χ2v) is 4.30. The number of nitrogens with one attached hydrogen (secondary N) is 1. The first kappa shape index (κ1) is 15.8. The van der Waals surface area contributed by atoms with Gasteiger partial charge in [0.25, 0.3) is 0 Å². The zero-order valence-electron chi connectivity index (χ0n) is 11.4. The Balaban J connectivity index is 2.06. The number of amides is 1. The summed E-state index contributed by atoms with van der Waals surface area (Å²) in [6.45, 7) is 0.590. The fraction of sp³-hybridized carbons (Fsp3) is 0.375. The second-order valence-electron chi connectivity index (χ2n) is 4.30. The molecule has 1 amide bonds. The lowest BCUT2D eigenvalue weighted by Gasteiger charge is -2.05. The van der Waals surface area contributed by atoms with E-state index in [1.807, 2.05) is 30.3 Å². The summed E-state index contributed by atoms with van der Waals surface area (Å²) >= 11 is 0. The molecule has 0 heterocycles. The van der Waals surface area contributed by atoms with Gasteiger partial charge in [-0.3, -0.25) is 9.59 Å². The summed E-state index contributed by atoms with van der Waals surface area (Å²) in [6, 6.07) is 9.95. The lowest BCUT2D eigenvalue weighted by atomic mass is 10.1. The molecule has 0 aliphatic heterocycles. The molecule has 0 unspecified atom stereocenters. The van der Waals surface area contributed by atoms with Crippen LogP contribution in [0.5, 0.6) is 0 Å². The number of carbonyl (C=O) groups excluding carboxylic acids is 2. The third-order valence-corrected chi connectivity index (χ3v) is 2.68. The molecule has 0 radical (unpaired) electrons. The number of esters is 1. The van der Waals surface area contributed by atoms with Gasteiger partial charge in [0.15, 0.2) is 6.61 Å². The minimum Gasteiger partial charge on any atom is -0.452 e. The highest BCUT2D eigenvalue weighted by Crippen LogP contribution is 2.00. The van der Waals surface area contributed by atoms with Crippen LogP contribution >= 0.6 is 0 Å². The van der Waals surface area contributed by atoms with Crippen molar-refractivity contribution in [3.63, 3.8) is 0 Å². The van der Waals surface area contributed by atoms with Crippen molar-refractivity contribution < 1.29 is 14.3 Å². The molecule has 0 fully saturated rings. The lowest BCUT2D eigenvalue weighted by molar-refractivity contribution is -0.142. The molecule has 0 saturated carbocycles. The molecule has 0 aromatic heterocycles. The maximum Gasteiger partial charge on any atom is 0.306 e. The van der Waals surface area contributed by atoms with Crippen LogP contribution in [-0.4, -0.2) is 25.0 Å². The standard InChI is InChI=1S/C16H19NO3/c1-2-13-20-16(19)10-6-9-15(18)17-12-11-14-7-4-3-5-8-14/h1,3-5,7-8H,6,9-13H2,(H,17,18). The van der Waals surface area contributed by atoms with Gasteiger partial charge in [-0.1, -0.05) is 36.3 Å². The maximum absolute atomic E-state index is 11.5. The van der Waals surface area contributed by atoms with E-state index in [2.05, 4.69) is 11.2 Å². The van der Waals surface area contributed by atoms with E-state index in [1.54, 1.807) is 0 Å². The highest BCUT2D eigenvalue weighted by molar-refractivity contribution is 5.77. The molecule has 1 rings (SSSR count). The van der Waals surface area contributed by atoms with E-state index in [1.165, 1.54) is 5.56 Å². The molecule has 1 N–H and O–H groups in total. The van der Waals surface area contributed by atoms with Crippen LogP contribution in [0.25, 0.3) is 0 Å². The second kappa shape index (κ2) is 9.62. The summed E-state index contributed by atoms with van der Waals surface area (Å²) in [5.41, 5.74) is 1.19. The van der Waals surface area contributed by atoms with Crippen molar-refractivity contribution in [3.05, 3.63) is 35.9 Å². The smallest absolute Gasteiger partial charge is 0.306 e. The Morgan fingerprint density at radius 3 is 2.65 bits per heavy atom. The summed E-state index contributed by atoms with van der Waals surface area (Å²) in [7, 11) is 0. The first-order valence-electron chi connectivity index (χ1n) is 6.62. The van der Waals surface area contributed by atoms with E-state index < -0.39 is 0 Å². The topological polar surface area (TPSA) is 55.4 Å². The van der Waals surface area contributed by atoms with Crippen molar-refractivity contribution >= 4 is 11.9 Å². The van der Waals surface area contributed by atoms with Crippen LogP contribution in [0.3, 0.4) is 0 Å². The minimum atomic E-state index is -0.361. The van der Waals surface area contributed by atoms with Gasteiger partial charge in [-0.15, -0.1) is 6.42 Å². The number of carbonyl (C=O) groups is 2. The monoisotopic (exact) mass is 273 g/mol. The number of benzene rings is 1. The number of ether oxygens (including phenoxy) is 1. The Morgan fingerprint density at radius 2 is 1.95 bits per heavy atom. The zero-order chi connectivity index (χ0) is 14.6. The van der Waals surface area contributed by atoms with Gasteiger partial charge in [-0.2, -0.15) is 0 Å². The molecule has 0 spiro atoms. The van der Waals surface area contributed by atoms with Crippen LogP contribution in [0.1, 0.15) is 24.8 Å². The molecule has 0 aliphatic rings. The van der Waals surface area contributed by atoms with Crippen LogP contribution in [0, 0.1) is 12.3 Å². The first-order valence-corrected chi connectivity index (χ1v) is 6.62. The Hall–Kier alpha value is -2.28. The van der Waals surface area contributed by atoms with Crippen LogP contribution in [-0.2, 0) is 20.7 Å². The highest BCUT2D eigenvalue weighted by atomic mass is 16.5. The predicted molar refractivity (Wildman–Crippen MR) is 76.8 cm³/mol. The molecule has 1 aromatic rings. The molecule has 0 aliphatic carbocycles. The van der Waals surface area contributed by atoms with Crippen molar-refractivity contribution in [2.45, 2.75) is 25.7 Å². The molecule has 4 heteroatoms. The van der Waals surface area contributed by atoms with Gasteiger partial charge < -0.3 is 10.1 Å². The largest absolute Gasteiger partial charge is 0.452 e. The summed E-state index contributed by atoms with van der Waals surface area (Å²) in [4.78, 5) is 22.7. The van der Waals surface area contributed by atoms with Crippen molar-refractivity contribution in [2.24, 2.45) is 0 Å². The van der Waals surface area contributed by atoms with E-state index in [9.17, 15) is 9.59 Å². The van der Waals surface area contributed by atoms with Gasteiger partial charge >= 0.3 is 5.97 Å². The Bertz CT molecular complexity index is 462. The van der Waals surface area contributed by atoms with E-state index >= 15 is 0 Å². The average Bonchev–Trinajstić information content (AvgIpc) is 2.46. The van der Waals surface area contributed by atoms with Gasteiger partial charge in [0.1, 0.15) is 0 Å². The summed E-state index contributed by atoms with van der Waals surface area (Å²) in [5.74, 6) is 1.81. The summed E-state index contributed by atoms with van der Waals surface area (Å²) in [6.07, 6.45) is 6.78. The average molecular weight is 273 g/mol. The summed E-state index contributed by atoms with van der Waals surface area (Å²) < 4.78 is 4.71. The Labute approximate surface area is 119 Å². The number of terminal acetylenes is 1. The maximum atomic E-state index is 11.5. The fourth-order valence-electron chi connectivity index (χ4n) is 1.67. The highest BCUT2D eigenvalue weighted by Gasteiger charge is 2.05. The van der Waals surface area contributed by atoms with Crippen LogP contribution < -0.4 is 5.32 Å². The molecule has 106 valence electrons. The third-order valence-electron chi connectivity index (χ3n) is 2.68. The molecule has 1 aromatic carbocycles. The first-order chi connectivity index (χ1) is 9.72. The number of hydrogen-bond acceptors (Lipinski definition) is 3. The van der Waals surface area contributed by atoms with Crippen molar-refractivity contribution in [1.29, 1.82) is 0 Å². The molecule has 4 nitrogen and oxygen atoms in total. The van der Waals surface area contributed by atoms with Gasteiger partial charge in [0, 0.05) is 19.4 Å². The fourth-order valence-corrected chi connectivity index (χ4v) is 1.67. The van der Waals surface area contributed by atoms with Crippen molar-refractivity contribution in [3.8, 4) is 12.3 Å². The van der Waals surface area contributed by atoms with Gasteiger partial charge in [0.05, 0.1) is 0 Å². The normalized spacial score (nSPS) is 9.55. The van der Waals surface area contributed by atoms with E-state index in [-0.39, 0.29) is 24.9 Å². The molecule has 20 heavy (non-hydrogen) atoms. The van der Waals surface area contributed by atoms with Gasteiger partial charge in [-0.05, 0) is 18.4 Å². The van der Waals surface area contributed by atoms with Gasteiger partial charge in [-0.25, -0.2) is 0 Å². The van der Waals surface area contributed by atoms with Gasteiger partial charge in [0.2, 0.25) is 5.91 Å². The lowest BCUT2D eigenvalue weighted by Crippen LogP contribution is -2.25.